The number of carbonyl (C=O) groups excluding carboxylic acids is 1. The van der Waals surface area contributed by atoms with Crippen LogP contribution in [-0.2, 0) is 4.74 Å². The van der Waals surface area contributed by atoms with Crippen LogP contribution in [-0.4, -0.2) is 75.0 Å². The molecule has 1 saturated heterocycles. The van der Waals surface area contributed by atoms with Crippen molar-refractivity contribution < 1.29 is 18.8 Å². The van der Waals surface area contributed by atoms with Gasteiger partial charge in [-0.15, -0.1) is 0 Å². The van der Waals surface area contributed by atoms with Crippen LogP contribution >= 0.6 is 0 Å². The Kier molecular flexibility index (Phi) is 16.8. The first kappa shape index (κ1) is 43.4. The number of nitrogens with one attached hydrogen (secondary N) is 1. The summed E-state index contributed by atoms with van der Waals surface area (Å²) in [5.74, 6) is 0.930. The molecule has 1 N–H and O–H groups in total. The van der Waals surface area contributed by atoms with Crippen molar-refractivity contribution >= 4 is 22.9 Å². The predicted molar refractivity (Wildman–Crippen MR) is 247 cm³/mol. The van der Waals surface area contributed by atoms with Crippen LogP contribution in [0.5, 0.6) is 5.75 Å². The van der Waals surface area contributed by atoms with Gasteiger partial charge in [0.1, 0.15) is 25.0 Å². The molecule has 0 saturated carbocycles. The van der Waals surface area contributed by atoms with Gasteiger partial charge in [-0.2, -0.15) is 0 Å². The molecule has 1 fully saturated rings. The van der Waals surface area contributed by atoms with Gasteiger partial charge in [0.2, 0.25) is 0 Å². The number of hydrogen-bond donors (Lipinski definition) is 1. The van der Waals surface area contributed by atoms with Gasteiger partial charge in [0.25, 0.3) is 0 Å². The van der Waals surface area contributed by atoms with Crippen molar-refractivity contribution in [3.63, 3.8) is 0 Å². The fourth-order valence-electron chi connectivity index (χ4n) is 8.29. The van der Waals surface area contributed by atoms with E-state index in [9.17, 15) is 4.79 Å². The molecule has 0 radical (unpaired) electrons. The van der Waals surface area contributed by atoms with Gasteiger partial charge in [0, 0.05) is 18.7 Å². The third kappa shape index (κ3) is 13.7. The van der Waals surface area contributed by atoms with Gasteiger partial charge in [0.15, 0.2) is 0 Å². The Labute approximate surface area is 354 Å². The Morgan fingerprint density at radius 3 is 1.86 bits per heavy atom. The van der Waals surface area contributed by atoms with Gasteiger partial charge >= 0.3 is 6.09 Å². The minimum absolute atomic E-state index is 0.0274. The maximum Gasteiger partial charge on any atom is 0.411 e. The van der Waals surface area contributed by atoms with Crippen LogP contribution in [0.2, 0.25) is 0 Å². The number of para-hydroxylation sites is 1. The molecule has 0 spiro atoms. The van der Waals surface area contributed by atoms with Gasteiger partial charge in [-0.3, -0.25) is 5.32 Å². The molecular weight excluding hydrogens is 727 g/mol. The minimum Gasteiger partial charge on any atom is -0.488 e. The van der Waals surface area contributed by atoms with E-state index in [2.05, 4.69) is 128 Å². The molecule has 0 atom stereocenters. The van der Waals surface area contributed by atoms with Crippen LogP contribution in [0, 0.1) is 0 Å². The van der Waals surface area contributed by atoms with Crippen LogP contribution in [0.3, 0.4) is 0 Å². The van der Waals surface area contributed by atoms with E-state index in [4.69, 9.17) is 9.47 Å². The highest BCUT2D eigenvalue weighted by Gasteiger charge is 2.23. The Balaban J connectivity index is 0.811. The zero-order chi connectivity index (χ0) is 41.1. The zero-order valence-electron chi connectivity index (χ0n) is 35.8. The van der Waals surface area contributed by atoms with E-state index in [1.165, 1.54) is 79.3 Å². The van der Waals surface area contributed by atoms with Gasteiger partial charge in [-0.1, -0.05) is 154 Å². The minimum atomic E-state index is -0.364. The highest BCUT2D eigenvalue weighted by molar-refractivity contribution is 5.98. The lowest BCUT2D eigenvalue weighted by Gasteiger charge is -2.31. The number of nitrogens with zero attached hydrogens (tertiary/aromatic N) is 2. The fourth-order valence-corrected chi connectivity index (χ4v) is 8.29. The molecule has 0 unspecified atom stereocenters. The molecule has 59 heavy (non-hydrogen) atoms. The number of hydrogen-bond acceptors (Lipinski definition) is 4. The van der Waals surface area contributed by atoms with Crippen LogP contribution in [0.15, 0.2) is 140 Å². The number of piperidine rings is 1. The lowest BCUT2D eigenvalue weighted by Crippen LogP contribution is -2.43. The summed E-state index contributed by atoms with van der Waals surface area (Å²) in [6.45, 7) is 8.24. The van der Waals surface area contributed by atoms with Crippen LogP contribution < -0.4 is 10.1 Å². The summed E-state index contributed by atoms with van der Waals surface area (Å²) in [6.07, 6.45) is 11.4. The molecule has 1 amide bonds. The Bertz CT molecular complexity index is 2000. The highest BCUT2D eigenvalue weighted by Crippen LogP contribution is 2.35. The van der Waals surface area contributed by atoms with E-state index in [0.29, 0.717) is 6.61 Å². The SMILES string of the molecule is CCC(=C(c1ccccc1)c1ccc(OCC[N+](C)(C)CCCCCCCCCN2CCC(OC(=O)Nc3ccccc3-c3ccccc3)CC2)cc1)c1ccccc1. The van der Waals surface area contributed by atoms with Gasteiger partial charge in [-0.25, -0.2) is 4.79 Å². The summed E-state index contributed by atoms with van der Waals surface area (Å²) < 4.78 is 13.1. The van der Waals surface area contributed by atoms with Gasteiger partial charge in [-0.05, 0) is 96.7 Å². The molecule has 6 heteroatoms. The molecule has 5 aromatic carbocycles. The van der Waals surface area contributed by atoms with E-state index in [-0.39, 0.29) is 12.2 Å². The first-order chi connectivity index (χ1) is 28.9. The summed E-state index contributed by atoms with van der Waals surface area (Å²) in [5, 5.41) is 2.99. The summed E-state index contributed by atoms with van der Waals surface area (Å²) in [7, 11) is 4.66. The van der Waals surface area contributed by atoms with Crippen LogP contribution in [0.25, 0.3) is 22.3 Å². The Morgan fingerprint density at radius 1 is 0.644 bits per heavy atom. The normalized spacial score (nSPS) is 14.1. The topological polar surface area (TPSA) is 50.8 Å². The van der Waals surface area contributed by atoms with Gasteiger partial charge in [0.05, 0.1) is 26.3 Å². The molecule has 1 aliphatic rings. The van der Waals surface area contributed by atoms with E-state index in [1.807, 2.05) is 42.5 Å². The Morgan fingerprint density at radius 2 is 1.20 bits per heavy atom. The van der Waals surface area contributed by atoms with Crippen molar-refractivity contribution in [2.45, 2.75) is 77.2 Å². The second-order valence-electron chi connectivity index (χ2n) is 16.7. The molecule has 6 rings (SSSR count). The van der Waals surface area contributed by atoms with Crippen LogP contribution in [0.1, 0.15) is 87.8 Å². The standard InChI is InChI=1S/C53H65N3O3/c1-4-49(43-23-13-10-14-24-43)52(45-27-17-12-18-28-45)46-31-33-47(34-32-46)58-42-41-56(2,3)40-22-9-7-5-6-8-21-37-55-38-35-48(36-39-55)59-53(57)54-51-30-20-19-29-50(51)44-25-15-11-16-26-44/h10-20,23-34,48H,4-9,21-22,35-42H2,1-3H3/p+1. The monoisotopic (exact) mass is 793 g/mol. The Hall–Kier alpha value is -5.17. The lowest BCUT2D eigenvalue weighted by molar-refractivity contribution is -0.890. The number of rotatable bonds is 21. The third-order valence-corrected chi connectivity index (χ3v) is 11.7. The van der Waals surface area contributed by atoms with Crippen LogP contribution in [0.4, 0.5) is 10.5 Å². The second-order valence-corrected chi connectivity index (χ2v) is 16.7. The van der Waals surface area contributed by atoms with Crippen molar-refractivity contribution in [2.24, 2.45) is 0 Å². The number of benzene rings is 5. The number of unbranched alkanes of at least 4 members (excludes halogenated alkanes) is 6. The van der Waals surface area contributed by atoms with Crippen molar-refractivity contribution in [1.82, 2.24) is 4.90 Å². The number of amides is 1. The van der Waals surface area contributed by atoms with E-state index >= 15 is 0 Å². The smallest absolute Gasteiger partial charge is 0.411 e. The number of allylic oxidation sites excluding steroid dienone is 1. The summed E-state index contributed by atoms with van der Waals surface area (Å²) in [5.41, 5.74) is 9.21. The average molecular weight is 793 g/mol. The molecule has 0 bridgehead atoms. The number of anilines is 1. The number of quaternary nitrogens is 1. The third-order valence-electron chi connectivity index (χ3n) is 11.7. The molecule has 0 aromatic heterocycles. The largest absolute Gasteiger partial charge is 0.488 e. The maximum absolute atomic E-state index is 12.8. The summed E-state index contributed by atoms with van der Waals surface area (Å²) in [4.78, 5) is 15.3. The van der Waals surface area contributed by atoms with E-state index in [1.54, 1.807) is 0 Å². The second kappa shape index (κ2) is 22.8. The number of likely N-dealkylation sites (N-methyl/N-ethyl adjacent to an activating group) is 1. The number of ether oxygens (including phenoxy) is 2. The molecule has 310 valence electrons. The maximum atomic E-state index is 12.8. The molecule has 0 aliphatic carbocycles. The summed E-state index contributed by atoms with van der Waals surface area (Å²) in [6, 6.07) is 48.2. The van der Waals surface area contributed by atoms with E-state index in [0.717, 1.165) is 72.5 Å². The average Bonchev–Trinajstić information content (AvgIpc) is 3.27. The first-order valence-electron chi connectivity index (χ1n) is 22.1. The van der Waals surface area contributed by atoms with Gasteiger partial charge < -0.3 is 18.9 Å². The van der Waals surface area contributed by atoms with Crippen molar-refractivity contribution in [3.8, 4) is 16.9 Å². The van der Waals surface area contributed by atoms with Crippen molar-refractivity contribution in [3.05, 3.63) is 156 Å². The first-order valence-corrected chi connectivity index (χ1v) is 22.1. The molecule has 1 heterocycles. The zero-order valence-corrected chi connectivity index (χ0v) is 35.8. The molecular formula is C53H66N3O3+. The number of likely N-dealkylation sites (tertiary alicyclic amines) is 1. The molecule has 5 aromatic rings. The lowest BCUT2D eigenvalue weighted by atomic mass is 9.88. The molecule has 6 nitrogen and oxygen atoms in total. The van der Waals surface area contributed by atoms with Crippen molar-refractivity contribution in [1.29, 1.82) is 0 Å². The number of carbonyl (C=O) groups is 1. The van der Waals surface area contributed by atoms with E-state index < -0.39 is 0 Å². The fraction of sp³-hybridized carbons (Fsp3) is 0.377. The highest BCUT2D eigenvalue weighted by atomic mass is 16.6. The predicted octanol–water partition coefficient (Wildman–Crippen LogP) is 12.6. The molecule has 1 aliphatic heterocycles. The van der Waals surface area contributed by atoms with Crippen molar-refractivity contribution in [2.75, 3.05) is 58.7 Å². The quantitative estimate of drug-likeness (QED) is 0.0457. The summed E-state index contributed by atoms with van der Waals surface area (Å²) >= 11 is 0.